The number of nitrogens with two attached hydrogens (primary N) is 1. The SMILES string of the molecule is CCN(CC)S(=O)(=O)N1CCC(CCN)C1. The van der Waals surface area contributed by atoms with Crippen LogP contribution in [0.25, 0.3) is 0 Å². The lowest BCUT2D eigenvalue weighted by Gasteiger charge is -2.25. The van der Waals surface area contributed by atoms with Crippen LogP contribution in [0, 0.1) is 5.92 Å². The maximum Gasteiger partial charge on any atom is 0.281 e. The molecule has 0 radical (unpaired) electrons. The molecule has 1 unspecified atom stereocenters. The lowest BCUT2D eigenvalue weighted by Crippen LogP contribution is -2.42. The summed E-state index contributed by atoms with van der Waals surface area (Å²) in [5, 5.41) is 0. The van der Waals surface area contributed by atoms with Crippen LogP contribution in [0.3, 0.4) is 0 Å². The van der Waals surface area contributed by atoms with Crippen LogP contribution in [0.15, 0.2) is 0 Å². The smallest absolute Gasteiger partial charge is 0.281 e. The minimum Gasteiger partial charge on any atom is -0.330 e. The Labute approximate surface area is 98.8 Å². The molecular weight excluding hydrogens is 226 g/mol. The van der Waals surface area contributed by atoms with Crippen molar-refractivity contribution < 1.29 is 8.42 Å². The Morgan fingerprint density at radius 3 is 2.50 bits per heavy atom. The summed E-state index contributed by atoms with van der Waals surface area (Å²) in [6.45, 7) is 6.74. The van der Waals surface area contributed by atoms with E-state index in [1.165, 1.54) is 4.31 Å². The first kappa shape index (κ1) is 13.9. The Hall–Kier alpha value is -0.170. The Morgan fingerprint density at radius 1 is 1.38 bits per heavy atom. The highest BCUT2D eigenvalue weighted by Crippen LogP contribution is 2.23. The molecule has 2 N–H and O–H groups in total. The zero-order valence-electron chi connectivity index (χ0n) is 10.2. The molecule has 6 heteroatoms. The van der Waals surface area contributed by atoms with Crippen molar-refractivity contribution >= 4 is 10.2 Å². The quantitative estimate of drug-likeness (QED) is 0.733. The highest BCUT2D eigenvalue weighted by atomic mass is 32.2. The molecule has 1 rings (SSSR count). The summed E-state index contributed by atoms with van der Waals surface area (Å²) >= 11 is 0. The van der Waals surface area contributed by atoms with Gasteiger partial charge in [0.1, 0.15) is 0 Å². The first-order valence-corrected chi connectivity index (χ1v) is 7.41. The van der Waals surface area contributed by atoms with Crippen molar-refractivity contribution in [2.75, 3.05) is 32.7 Å². The molecule has 0 amide bonds. The van der Waals surface area contributed by atoms with Gasteiger partial charge in [0, 0.05) is 26.2 Å². The molecule has 1 heterocycles. The van der Waals surface area contributed by atoms with Crippen molar-refractivity contribution in [3.63, 3.8) is 0 Å². The molecular formula is C10H23N3O2S. The van der Waals surface area contributed by atoms with Crippen LogP contribution in [0.4, 0.5) is 0 Å². The lowest BCUT2D eigenvalue weighted by atomic mass is 10.1. The molecule has 5 nitrogen and oxygen atoms in total. The second-order valence-corrected chi connectivity index (χ2v) is 6.11. The molecule has 1 fully saturated rings. The van der Waals surface area contributed by atoms with Gasteiger partial charge in [-0.2, -0.15) is 17.0 Å². The maximum atomic E-state index is 12.2. The van der Waals surface area contributed by atoms with E-state index in [-0.39, 0.29) is 0 Å². The molecule has 0 aromatic carbocycles. The lowest BCUT2D eigenvalue weighted by molar-refractivity contribution is 0.371. The maximum absolute atomic E-state index is 12.2. The van der Waals surface area contributed by atoms with Gasteiger partial charge in [-0.05, 0) is 25.3 Å². The topological polar surface area (TPSA) is 66.6 Å². The van der Waals surface area contributed by atoms with Crippen LogP contribution in [0.5, 0.6) is 0 Å². The fourth-order valence-corrected chi connectivity index (χ4v) is 3.91. The molecule has 1 saturated heterocycles. The Bertz CT molecular complexity index is 301. The summed E-state index contributed by atoms with van der Waals surface area (Å²) in [6, 6.07) is 0. The van der Waals surface area contributed by atoms with E-state index in [9.17, 15) is 8.42 Å². The average molecular weight is 249 g/mol. The molecule has 1 aliphatic heterocycles. The molecule has 0 aromatic rings. The number of hydrogen-bond acceptors (Lipinski definition) is 3. The largest absolute Gasteiger partial charge is 0.330 e. The fourth-order valence-electron chi connectivity index (χ4n) is 2.19. The third kappa shape index (κ3) is 2.94. The van der Waals surface area contributed by atoms with Gasteiger partial charge in [-0.3, -0.25) is 0 Å². The second kappa shape index (κ2) is 5.95. The van der Waals surface area contributed by atoms with Gasteiger partial charge in [0.25, 0.3) is 10.2 Å². The van der Waals surface area contributed by atoms with E-state index in [1.807, 2.05) is 13.8 Å². The van der Waals surface area contributed by atoms with Gasteiger partial charge in [0.05, 0.1) is 0 Å². The predicted octanol–water partition coefficient (Wildman–Crippen LogP) is 0.244. The van der Waals surface area contributed by atoms with Gasteiger partial charge in [0.15, 0.2) is 0 Å². The first-order valence-electron chi connectivity index (χ1n) is 6.01. The minimum atomic E-state index is -3.23. The van der Waals surface area contributed by atoms with E-state index in [4.69, 9.17) is 5.73 Å². The number of rotatable bonds is 6. The fraction of sp³-hybridized carbons (Fsp3) is 1.00. The van der Waals surface area contributed by atoms with Crippen LogP contribution in [-0.2, 0) is 10.2 Å². The highest BCUT2D eigenvalue weighted by Gasteiger charge is 2.33. The third-order valence-electron chi connectivity index (χ3n) is 3.18. The summed E-state index contributed by atoms with van der Waals surface area (Å²) in [5.74, 6) is 0.440. The Kier molecular flexibility index (Phi) is 5.17. The standard InChI is InChI=1S/C10H23N3O2S/c1-3-12(4-2)16(14,15)13-8-6-10(9-13)5-7-11/h10H,3-9,11H2,1-2H3. The predicted molar refractivity (Wildman–Crippen MR) is 65.2 cm³/mol. The molecule has 96 valence electrons. The zero-order valence-corrected chi connectivity index (χ0v) is 11.0. The molecule has 1 aliphatic rings. The summed E-state index contributed by atoms with van der Waals surface area (Å²) in [4.78, 5) is 0. The van der Waals surface area contributed by atoms with Gasteiger partial charge in [-0.25, -0.2) is 0 Å². The Morgan fingerprint density at radius 2 is 2.00 bits per heavy atom. The van der Waals surface area contributed by atoms with Crippen LogP contribution in [0.2, 0.25) is 0 Å². The molecule has 1 atom stereocenters. The van der Waals surface area contributed by atoms with Gasteiger partial charge < -0.3 is 5.73 Å². The monoisotopic (exact) mass is 249 g/mol. The van der Waals surface area contributed by atoms with Gasteiger partial charge in [-0.15, -0.1) is 0 Å². The highest BCUT2D eigenvalue weighted by molar-refractivity contribution is 7.86. The molecule has 0 spiro atoms. The van der Waals surface area contributed by atoms with Crippen molar-refractivity contribution in [3.05, 3.63) is 0 Å². The molecule has 16 heavy (non-hydrogen) atoms. The summed E-state index contributed by atoms with van der Waals surface area (Å²) in [7, 11) is -3.23. The number of hydrogen-bond donors (Lipinski definition) is 1. The van der Waals surface area contributed by atoms with Crippen LogP contribution >= 0.6 is 0 Å². The van der Waals surface area contributed by atoms with E-state index in [1.54, 1.807) is 4.31 Å². The van der Waals surface area contributed by atoms with Gasteiger partial charge in [-0.1, -0.05) is 13.8 Å². The van der Waals surface area contributed by atoms with E-state index >= 15 is 0 Å². The van der Waals surface area contributed by atoms with Crippen molar-refractivity contribution in [2.24, 2.45) is 11.7 Å². The van der Waals surface area contributed by atoms with Crippen LogP contribution < -0.4 is 5.73 Å². The van der Waals surface area contributed by atoms with E-state index < -0.39 is 10.2 Å². The van der Waals surface area contributed by atoms with Crippen LogP contribution in [-0.4, -0.2) is 49.8 Å². The van der Waals surface area contributed by atoms with E-state index in [2.05, 4.69) is 0 Å². The minimum absolute atomic E-state index is 0.440. The summed E-state index contributed by atoms with van der Waals surface area (Å²) in [5.41, 5.74) is 5.50. The molecule has 0 aliphatic carbocycles. The van der Waals surface area contributed by atoms with Crippen molar-refractivity contribution in [3.8, 4) is 0 Å². The normalized spacial score (nSPS) is 23.1. The average Bonchev–Trinajstić information content (AvgIpc) is 2.69. The van der Waals surface area contributed by atoms with Gasteiger partial charge >= 0.3 is 0 Å². The van der Waals surface area contributed by atoms with Crippen molar-refractivity contribution in [1.82, 2.24) is 8.61 Å². The summed E-state index contributed by atoms with van der Waals surface area (Å²) < 4.78 is 27.4. The second-order valence-electron chi connectivity index (χ2n) is 4.18. The van der Waals surface area contributed by atoms with E-state index in [0.717, 1.165) is 12.8 Å². The van der Waals surface area contributed by atoms with E-state index in [0.29, 0.717) is 38.6 Å². The zero-order chi connectivity index (χ0) is 12.2. The number of nitrogens with zero attached hydrogens (tertiary/aromatic N) is 2. The van der Waals surface area contributed by atoms with Crippen molar-refractivity contribution in [1.29, 1.82) is 0 Å². The molecule has 0 aromatic heterocycles. The third-order valence-corrected chi connectivity index (χ3v) is 5.33. The molecule has 0 bridgehead atoms. The van der Waals surface area contributed by atoms with Crippen LogP contribution in [0.1, 0.15) is 26.7 Å². The summed E-state index contributed by atoms with van der Waals surface area (Å²) in [6.07, 6.45) is 1.86. The Balaban J connectivity index is 2.64. The van der Waals surface area contributed by atoms with Gasteiger partial charge in [0.2, 0.25) is 0 Å². The van der Waals surface area contributed by atoms with Crippen molar-refractivity contribution in [2.45, 2.75) is 26.7 Å². The molecule has 0 saturated carbocycles. The first-order chi connectivity index (χ1) is 7.56.